The fraction of sp³-hybridized carbons (Fsp3) is 0.250. The average Bonchev–Trinajstić information content (AvgIpc) is 2.35. The molecule has 0 fully saturated rings. The van der Waals surface area contributed by atoms with Gasteiger partial charge in [0.05, 0.1) is 0 Å². The number of hydrogen-bond acceptors (Lipinski definition) is 2. The summed E-state index contributed by atoms with van der Waals surface area (Å²) in [4.78, 5) is 10.1. The predicted octanol–water partition coefficient (Wildman–Crippen LogP) is 3.18. The molecule has 2 nitrogen and oxygen atoms in total. The van der Waals surface area contributed by atoms with Crippen molar-refractivity contribution in [2.75, 3.05) is 6.61 Å². The Morgan fingerprint density at radius 1 is 1.22 bits per heavy atom. The SMILES string of the molecule is O=C/C=C/c1ccc(OCC(F)(F)C(F)F)cc1. The van der Waals surface area contributed by atoms with E-state index in [1.807, 2.05) is 0 Å². The first-order valence-electron chi connectivity index (χ1n) is 4.96. The van der Waals surface area contributed by atoms with Gasteiger partial charge in [-0.05, 0) is 23.8 Å². The second kappa shape index (κ2) is 6.18. The van der Waals surface area contributed by atoms with E-state index in [-0.39, 0.29) is 5.75 Å². The van der Waals surface area contributed by atoms with Gasteiger partial charge in [-0.25, -0.2) is 8.78 Å². The van der Waals surface area contributed by atoms with Crippen LogP contribution < -0.4 is 4.74 Å². The first kappa shape index (κ1) is 14.2. The highest BCUT2D eigenvalue weighted by Gasteiger charge is 2.41. The van der Waals surface area contributed by atoms with Crippen molar-refractivity contribution in [1.82, 2.24) is 0 Å². The molecule has 0 aliphatic heterocycles. The maximum absolute atomic E-state index is 12.6. The van der Waals surface area contributed by atoms with E-state index < -0.39 is 19.0 Å². The number of aldehydes is 1. The van der Waals surface area contributed by atoms with Gasteiger partial charge in [-0.2, -0.15) is 8.78 Å². The number of hydrogen-bond donors (Lipinski definition) is 0. The Hall–Kier alpha value is -1.85. The van der Waals surface area contributed by atoms with E-state index in [0.29, 0.717) is 11.8 Å². The lowest BCUT2D eigenvalue weighted by atomic mass is 10.2. The molecule has 1 rings (SSSR count). The van der Waals surface area contributed by atoms with Crippen molar-refractivity contribution in [2.45, 2.75) is 12.3 Å². The molecule has 0 bridgehead atoms. The Bertz CT molecular complexity index is 413. The summed E-state index contributed by atoms with van der Waals surface area (Å²) in [7, 11) is 0. The number of halogens is 4. The van der Waals surface area contributed by atoms with Gasteiger partial charge in [0.1, 0.15) is 12.0 Å². The van der Waals surface area contributed by atoms with Gasteiger partial charge in [-0.3, -0.25) is 4.79 Å². The average molecular weight is 262 g/mol. The van der Waals surface area contributed by atoms with Crippen LogP contribution in [-0.4, -0.2) is 25.2 Å². The van der Waals surface area contributed by atoms with Crippen LogP contribution in [-0.2, 0) is 4.79 Å². The van der Waals surface area contributed by atoms with Crippen molar-refractivity contribution in [3.8, 4) is 5.75 Å². The van der Waals surface area contributed by atoms with Crippen molar-refractivity contribution in [2.24, 2.45) is 0 Å². The monoisotopic (exact) mass is 262 g/mol. The Balaban J connectivity index is 2.59. The first-order chi connectivity index (χ1) is 8.45. The Kier molecular flexibility index (Phi) is 4.88. The van der Waals surface area contributed by atoms with Crippen LogP contribution in [0, 0.1) is 0 Å². The summed E-state index contributed by atoms with van der Waals surface area (Å²) in [6, 6.07) is 5.73. The number of ether oxygens (including phenoxy) is 1. The van der Waals surface area contributed by atoms with Crippen molar-refractivity contribution < 1.29 is 27.1 Å². The van der Waals surface area contributed by atoms with E-state index >= 15 is 0 Å². The molecule has 0 aliphatic carbocycles. The lowest BCUT2D eigenvalue weighted by Gasteiger charge is -2.15. The van der Waals surface area contributed by atoms with Gasteiger partial charge in [0.25, 0.3) is 0 Å². The lowest BCUT2D eigenvalue weighted by Crippen LogP contribution is -2.33. The molecule has 0 spiro atoms. The van der Waals surface area contributed by atoms with Gasteiger partial charge in [0, 0.05) is 0 Å². The van der Waals surface area contributed by atoms with Gasteiger partial charge >= 0.3 is 12.3 Å². The molecule has 18 heavy (non-hydrogen) atoms. The molecule has 0 radical (unpaired) electrons. The van der Waals surface area contributed by atoms with Crippen LogP contribution in [0.3, 0.4) is 0 Å². The second-order valence-electron chi connectivity index (χ2n) is 3.41. The number of carbonyl (C=O) groups excluding carboxylic acids is 1. The minimum Gasteiger partial charge on any atom is -0.487 e. The Morgan fingerprint density at radius 2 is 1.83 bits per heavy atom. The zero-order valence-corrected chi connectivity index (χ0v) is 9.15. The van der Waals surface area contributed by atoms with Crippen LogP contribution in [0.5, 0.6) is 5.75 Å². The molecule has 0 unspecified atom stereocenters. The molecule has 0 atom stereocenters. The van der Waals surface area contributed by atoms with E-state index in [9.17, 15) is 22.4 Å². The minimum atomic E-state index is -4.17. The van der Waals surface area contributed by atoms with Crippen molar-refractivity contribution in [3.05, 3.63) is 35.9 Å². The van der Waals surface area contributed by atoms with Crippen LogP contribution in [0.25, 0.3) is 6.08 Å². The molecule has 0 N–H and O–H groups in total. The highest BCUT2D eigenvalue weighted by Crippen LogP contribution is 2.24. The van der Waals surface area contributed by atoms with Crippen LogP contribution in [0.4, 0.5) is 17.6 Å². The van der Waals surface area contributed by atoms with Crippen molar-refractivity contribution in [3.63, 3.8) is 0 Å². The number of carbonyl (C=O) groups is 1. The summed E-state index contributed by atoms with van der Waals surface area (Å²) in [5, 5.41) is 0. The topological polar surface area (TPSA) is 26.3 Å². The first-order valence-corrected chi connectivity index (χ1v) is 4.96. The summed E-state index contributed by atoms with van der Waals surface area (Å²) >= 11 is 0. The van der Waals surface area contributed by atoms with E-state index in [1.165, 1.54) is 36.4 Å². The third kappa shape index (κ3) is 4.20. The number of alkyl halides is 4. The highest BCUT2D eigenvalue weighted by atomic mass is 19.3. The smallest absolute Gasteiger partial charge is 0.340 e. The third-order valence-corrected chi connectivity index (χ3v) is 2.00. The summed E-state index contributed by atoms with van der Waals surface area (Å²) in [5.74, 6) is -4.12. The molecule has 0 aliphatic rings. The number of rotatable bonds is 6. The minimum absolute atomic E-state index is 0.0542. The van der Waals surface area contributed by atoms with Gasteiger partial charge in [0.15, 0.2) is 6.61 Å². The van der Waals surface area contributed by atoms with Crippen molar-refractivity contribution in [1.29, 1.82) is 0 Å². The van der Waals surface area contributed by atoms with E-state index in [1.54, 1.807) is 0 Å². The summed E-state index contributed by atoms with van der Waals surface area (Å²) in [6.45, 7) is -1.38. The zero-order chi connectivity index (χ0) is 13.6. The van der Waals surface area contributed by atoms with Gasteiger partial charge in [-0.15, -0.1) is 0 Å². The summed E-state index contributed by atoms with van der Waals surface area (Å²) in [6.07, 6.45) is -0.397. The normalized spacial score (nSPS) is 12.1. The molecular weight excluding hydrogens is 252 g/mol. The van der Waals surface area contributed by atoms with Crippen molar-refractivity contribution >= 4 is 12.4 Å². The maximum atomic E-state index is 12.6. The summed E-state index contributed by atoms with van der Waals surface area (Å²) < 4.78 is 53.4. The largest absolute Gasteiger partial charge is 0.487 e. The Morgan fingerprint density at radius 3 is 2.33 bits per heavy atom. The van der Waals surface area contributed by atoms with Crippen LogP contribution in [0.2, 0.25) is 0 Å². The molecule has 0 saturated carbocycles. The third-order valence-electron chi connectivity index (χ3n) is 2.00. The fourth-order valence-electron chi connectivity index (χ4n) is 1.07. The fourth-order valence-corrected chi connectivity index (χ4v) is 1.07. The predicted molar refractivity (Wildman–Crippen MR) is 58.0 cm³/mol. The maximum Gasteiger partial charge on any atom is 0.340 e. The molecule has 1 aromatic rings. The number of benzene rings is 1. The quantitative estimate of drug-likeness (QED) is 0.447. The number of allylic oxidation sites excluding steroid dienone is 1. The molecule has 0 saturated heterocycles. The molecule has 98 valence electrons. The molecule has 0 heterocycles. The van der Waals surface area contributed by atoms with Gasteiger partial charge < -0.3 is 4.74 Å². The van der Waals surface area contributed by atoms with E-state index in [2.05, 4.69) is 4.74 Å². The van der Waals surface area contributed by atoms with E-state index in [0.717, 1.165) is 0 Å². The van der Waals surface area contributed by atoms with Gasteiger partial charge in [0.2, 0.25) is 0 Å². The molecule has 0 amide bonds. The standard InChI is InChI=1S/C12H10F4O2/c13-11(14)12(15,16)8-18-10-5-3-9(4-6-10)2-1-7-17/h1-7,11H,8H2/b2-1+. The van der Waals surface area contributed by atoms with Gasteiger partial charge in [-0.1, -0.05) is 18.2 Å². The zero-order valence-electron chi connectivity index (χ0n) is 9.15. The molecular formula is C12H10F4O2. The lowest BCUT2D eigenvalue weighted by molar-refractivity contribution is -0.148. The van der Waals surface area contributed by atoms with Crippen LogP contribution in [0.15, 0.2) is 30.3 Å². The summed E-state index contributed by atoms with van der Waals surface area (Å²) in [5.41, 5.74) is 0.662. The molecule has 1 aromatic carbocycles. The highest BCUT2D eigenvalue weighted by molar-refractivity contribution is 5.73. The van der Waals surface area contributed by atoms with Crippen LogP contribution >= 0.6 is 0 Å². The molecule has 0 aromatic heterocycles. The molecule has 6 heteroatoms. The van der Waals surface area contributed by atoms with E-state index in [4.69, 9.17) is 0 Å². The Labute approximate surface area is 101 Å². The second-order valence-corrected chi connectivity index (χ2v) is 3.41. The van der Waals surface area contributed by atoms with Crippen LogP contribution in [0.1, 0.15) is 5.56 Å².